The van der Waals surface area contributed by atoms with Gasteiger partial charge in [-0.15, -0.1) is 0 Å². The third kappa shape index (κ3) is 4.18. The van der Waals surface area contributed by atoms with Crippen LogP contribution < -0.4 is 10.9 Å². The summed E-state index contributed by atoms with van der Waals surface area (Å²) in [5, 5.41) is 8.50. The van der Waals surface area contributed by atoms with E-state index < -0.39 is 0 Å². The number of aromatic nitrogens is 6. The van der Waals surface area contributed by atoms with Crippen LogP contribution in [0.5, 0.6) is 0 Å². The molecule has 1 unspecified atom stereocenters. The number of rotatable bonds is 7. The summed E-state index contributed by atoms with van der Waals surface area (Å²) in [6, 6.07) is 5.85. The highest BCUT2D eigenvalue weighted by Gasteiger charge is 2.29. The number of thioether (sulfide) groups is 1. The molecule has 0 aliphatic carbocycles. The van der Waals surface area contributed by atoms with Crippen molar-refractivity contribution in [2.75, 3.05) is 12.3 Å². The van der Waals surface area contributed by atoms with Crippen molar-refractivity contribution in [2.24, 2.45) is 0 Å². The highest BCUT2D eigenvalue weighted by atomic mass is 32.2. The number of fused-ring (bicyclic) bond motifs is 2. The van der Waals surface area contributed by atoms with Gasteiger partial charge in [-0.05, 0) is 43.5 Å². The lowest BCUT2D eigenvalue weighted by Gasteiger charge is -2.13. The van der Waals surface area contributed by atoms with E-state index in [0.717, 1.165) is 24.2 Å². The minimum Gasteiger partial charge on any atom is -0.356 e. The number of nitrogens with one attached hydrogen (secondary N) is 1. The lowest BCUT2D eigenvalue weighted by atomic mass is 10.1. The fourth-order valence-electron chi connectivity index (χ4n) is 4.02. The fraction of sp³-hybridized carbons (Fsp3) is 0.348. The molecule has 0 saturated carbocycles. The Morgan fingerprint density at radius 1 is 1.27 bits per heavy atom. The zero-order valence-corrected chi connectivity index (χ0v) is 19.4. The second kappa shape index (κ2) is 8.86. The number of nitrogens with zero attached hydrogens (tertiary/aromatic N) is 6. The van der Waals surface area contributed by atoms with Crippen molar-refractivity contribution in [2.45, 2.75) is 44.4 Å². The first-order valence-corrected chi connectivity index (χ1v) is 11.9. The van der Waals surface area contributed by atoms with Crippen LogP contribution in [-0.2, 0) is 11.3 Å². The fourth-order valence-corrected chi connectivity index (χ4v) is 5.15. The smallest absolute Gasteiger partial charge is 0.265 e. The van der Waals surface area contributed by atoms with Gasteiger partial charge in [0.05, 0.1) is 24.3 Å². The first kappa shape index (κ1) is 21.4. The van der Waals surface area contributed by atoms with E-state index in [0.29, 0.717) is 28.5 Å². The van der Waals surface area contributed by atoms with Crippen molar-refractivity contribution in [1.29, 1.82) is 0 Å². The molecule has 33 heavy (non-hydrogen) atoms. The average molecular weight is 464 g/mol. The van der Waals surface area contributed by atoms with Gasteiger partial charge in [-0.25, -0.2) is 14.6 Å². The van der Waals surface area contributed by atoms with Crippen molar-refractivity contribution < 1.29 is 4.79 Å². The molecular weight excluding hydrogens is 438 g/mol. The van der Waals surface area contributed by atoms with E-state index >= 15 is 0 Å². The summed E-state index contributed by atoms with van der Waals surface area (Å²) >= 11 is 1.51. The zero-order valence-electron chi connectivity index (χ0n) is 18.6. The van der Waals surface area contributed by atoms with E-state index in [4.69, 9.17) is 4.98 Å². The molecule has 3 aromatic heterocycles. The number of carbonyl (C=O) groups is 1. The SMILES string of the molecule is Cc1ccc(-n2ncc3c(=O)n4c(nc32)SCC4CC(=O)NCCCn2ccnc2)cc1C. The number of aryl methyl sites for hydroxylation is 3. The van der Waals surface area contributed by atoms with Gasteiger partial charge in [0, 0.05) is 37.7 Å². The average Bonchev–Trinajstić information content (AvgIpc) is 3.54. The predicted molar refractivity (Wildman–Crippen MR) is 127 cm³/mol. The number of hydrogen-bond acceptors (Lipinski definition) is 6. The summed E-state index contributed by atoms with van der Waals surface area (Å²) in [6.07, 6.45) is 8.04. The zero-order chi connectivity index (χ0) is 22.9. The standard InChI is InChI=1S/C23H25N7O2S/c1-15-4-5-17(10-16(15)2)30-21-19(12-26-30)22(32)29-18(13-33-23(29)27-21)11-20(31)25-6-3-8-28-9-7-24-14-28/h4-5,7,9-10,12,14,18H,3,6,8,11,13H2,1-2H3,(H,25,31). The van der Waals surface area contributed by atoms with Crippen LogP contribution in [0.4, 0.5) is 0 Å². The summed E-state index contributed by atoms with van der Waals surface area (Å²) in [5.74, 6) is 0.589. The molecule has 4 heterocycles. The molecule has 0 spiro atoms. The summed E-state index contributed by atoms with van der Waals surface area (Å²) in [5.41, 5.74) is 3.63. The number of imidazole rings is 1. The number of hydrogen-bond donors (Lipinski definition) is 1. The van der Waals surface area contributed by atoms with E-state index in [1.807, 2.05) is 35.9 Å². The Hall–Kier alpha value is -3.40. The normalized spacial score (nSPS) is 15.2. The minimum absolute atomic E-state index is 0.0584. The highest BCUT2D eigenvalue weighted by Crippen LogP contribution is 2.33. The summed E-state index contributed by atoms with van der Waals surface area (Å²) < 4.78 is 5.35. The van der Waals surface area contributed by atoms with Crippen LogP contribution in [0.1, 0.15) is 30.0 Å². The van der Waals surface area contributed by atoms with E-state index in [1.54, 1.807) is 28.0 Å². The van der Waals surface area contributed by atoms with Crippen LogP contribution in [-0.4, -0.2) is 47.1 Å². The van der Waals surface area contributed by atoms with Crippen molar-refractivity contribution in [3.8, 4) is 5.69 Å². The molecule has 1 aliphatic rings. The van der Waals surface area contributed by atoms with Gasteiger partial charge in [-0.1, -0.05) is 17.8 Å². The molecule has 170 valence electrons. The lowest BCUT2D eigenvalue weighted by molar-refractivity contribution is -0.121. The number of benzene rings is 1. The summed E-state index contributed by atoms with van der Waals surface area (Å²) in [6.45, 7) is 5.49. The molecule has 0 bridgehead atoms. The Balaban J connectivity index is 1.32. The van der Waals surface area contributed by atoms with E-state index in [1.165, 1.54) is 17.3 Å². The number of carbonyl (C=O) groups excluding carboxylic acids is 1. The van der Waals surface area contributed by atoms with E-state index in [9.17, 15) is 9.59 Å². The quantitative estimate of drug-likeness (QED) is 0.334. The maximum absolute atomic E-state index is 13.3. The third-order valence-corrected chi connectivity index (χ3v) is 7.10. The first-order chi connectivity index (χ1) is 16.0. The van der Waals surface area contributed by atoms with Crippen LogP contribution in [0.3, 0.4) is 0 Å². The van der Waals surface area contributed by atoms with Gasteiger partial charge >= 0.3 is 0 Å². The molecule has 1 N–H and O–H groups in total. The van der Waals surface area contributed by atoms with Crippen molar-refractivity contribution in [3.05, 3.63) is 64.6 Å². The van der Waals surface area contributed by atoms with Gasteiger partial charge in [-0.3, -0.25) is 14.2 Å². The molecule has 4 aromatic rings. The second-order valence-electron chi connectivity index (χ2n) is 8.30. The monoisotopic (exact) mass is 463 g/mol. The minimum atomic E-state index is -0.215. The molecule has 1 amide bonds. The topological polar surface area (TPSA) is 99.6 Å². The van der Waals surface area contributed by atoms with Crippen molar-refractivity contribution in [1.82, 2.24) is 34.2 Å². The van der Waals surface area contributed by atoms with Crippen LogP contribution in [0.15, 0.2) is 53.1 Å². The molecule has 10 heteroatoms. The summed E-state index contributed by atoms with van der Waals surface area (Å²) in [4.78, 5) is 34.6. The molecule has 0 radical (unpaired) electrons. The maximum atomic E-state index is 13.3. The molecule has 1 aromatic carbocycles. The van der Waals surface area contributed by atoms with Gasteiger partial charge in [0.15, 0.2) is 10.8 Å². The third-order valence-electron chi connectivity index (χ3n) is 6.00. The molecule has 1 aliphatic heterocycles. The van der Waals surface area contributed by atoms with Gasteiger partial charge in [0.25, 0.3) is 5.56 Å². The Morgan fingerprint density at radius 2 is 2.15 bits per heavy atom. The predicted octanol–water partition coefficient (Wildman–Crippen LogP) is 2.64. The van der Waals surface area contributed by atoms with Crippen LogP contribution in [0.2, 0.25) is 0 Å². The Kier molecular flexibility index (Phi) is 5.76. The maximum Gasteiger partial charge on any atom is 0.265 e. The molecule has 1 atom stereocenters. The van der Waals surface area contributed by atoms with Crippen molar-refractivity contribution in [3.63, 3.8) is 0 Å². The summed E-state index contributed by atoms with van der Waals surface area (Å²) in [7, 11) is 0. The largest absolute Gasteiger partial charge is 0.356 e. The van der Waals surface area contributed by atoms with Crippen molar-refractivity contribution >= 4 is 28.7 Å². The Morgan fingerprint density at radius 3 is 2.94 bits per heavy atom. The van der Waals surface area contributed by atoms with Gasteiger partial charge in [0.1, 0.15) is 5.39 Å². The number of amides is 1. The Labute approximate surface area is 194 Å². The molecule has 9 nitrogen and oxygen atoms in total. The molecule has 5 rings (SSSR count). The van der Waals surface area contributed by atoms with E-state index in [2.05, 4.69) is 22.3 Å². The molecular formula is C23H25N7O2S. The second-order valence-corrected chi connectivity index (χ2v) is 9.29. The highest BCUT2D eigenvalue weighted by molar-refractivity contribution is 7.99. The molecule has 0 saturated heterocycles. The van der Waals surface area contributed by atoms with Crippen LogP contribution >= 0.6 is 11.8 Å². The van der Waals surface area contributed by atoms with Gasteiger partial charge < -0.3 is 9.88 Å². The first-order valence-electron chi connectivity index (χ1n) is 10.9. The van der Waals surface area contributed by atoms with Crippen LogP contribution in [0, 0.1) is 13.8 Å². The lowest BCUT2D eigenvalue weighted by Crippen LogP contribution is -2.31. The van der Waals surface area contributed by atoms with Gasteiger partial charge in [-0.2, -0.15) is 5.10 Å². The van der Waals surface area contributed by atoms with Crippen LogP contribution in [0.25, 0.3) is 16.7 Å². The van der Waals surface area contributed by atoms with E-state index in [-0.39, 0.29) is 23.9 Å². The Bertz CT molecular complexity index is 1370. The van der Waals surface area contributed by atoms with Gasteiger partial charge in [0.2, 0.25) is 5.91 Å². The molecule has 0 fully saturated rings.